The van der Waals surface area contributed by atoms with E-state index in [0.717, 1.165) is 6.54 Å². The highest BCUT2D eigenvalue weighted by Gasteiger charge is 2.15. The van der Waals surface area contributed by atoms with Gasteiger partial charge in [0.05, 0.1) is 0 Å². The van der Waals surface area contributed by atoms with E-state index in [1.807, 2.05) is 0 Å². The van der Waals surface area contributed by atoms with E-state index < -0.39 is 0 Å². The first-order valence-corrected chi connectivity index (χ1v) is 6.61. The molecular formula is C16H27N. The molecule has 0 fully saturated rings. The van der Waals surface area contributed by atoms with E-state index in [1.54, 1.807) is 5.56 Å². The summed E-state index contributed by atoms with van der Waals surface area (Å²) in [6, 6.07) is 4.63. The molecule has 0 amide bonds. The summed E-state index contributed by atoms with van der Waals surface area (Å²) < 4.78 is 0. The molecule has 1 nitrogen and oxygen atoms in total. The number of hydrogen-bond acceptors (Lipinski definition) is 1. The summed E-state index contributed by atoms with van der Waals surface area (Å²) in [6.07, 6.45) is 0. The van der Waals surface area contributed by atoms with Gasteiger partial charge in [-0.2, -0.15) is 0 Å². The molecule has 0 aliphatic rings. The largest absolute Gasteiger partial charge is 0.305 e. The summed E-state index contributed by atoms with van der Waals surface area (Å²) in [6.45, 7) is 12.5. The quantitative estimate of drug-likeness (QED) is 0.749. The van der Waals surface area contributed by atoms with Gasteiger partial charge in [0.2, 0.25) is 0 Å². The second kappa shape index (κ2) is 5.68. The highest BCUT2D eigenvalue weighted by Crippen LogP contribution is 2.31. The lowest BCUT2D eigenvalue weighted by molar-refractivity contribution is 0.401. The Morgan fingerprint density at radius 1 is 1.00 bits per heavy atom. The van der Waals surface area contributed by atoms with Gasteiger partial charge < -0.3 is 4.90 Å². The van der Waals surface area contributed by atoms with E-state index in [1.165, 1.54) is 16.7 Å². The molecule has 0 saturated carbocycles. The first-order valence-electron chi connectivity index (χ1n) is 6.61. The molecule has 96 valence electrons. The molecule has 0 radical (unpaired) electrons. The van der Waals surface area contributed by atoms with Crippen molar-refractivity contribution in [2.24, 2.45) is 0 Å². The van der Waals surface area contributed by atoms with Gasteiger partial charge in [0.25, 0.3) is 0 Å². The Bertz CT molecular complexity index is 375. The normalized spacial score (nSPS) is 11.9. The Kier molecular flexibility index (Phi) is 4.76. The fraction of sp³-hybridized carbons (Fsp3) is 0.625. The summed E-state index contributed by atoms with van der Waals surface area (Å²) in [7, 11) is 4.26. The molecule has 0 unspecified atom stereocenters. The van der Waals surface area contributed by atoms with Crippen LogP contribution >= 0.6 is 0 Å². The average Bonchev–Trinajstić information content (AvgIpc) is 2.19. The Labute approximate surface area is 107 Å². The van der Waals surface area contributed by atoms with Crippen molar-refractivity contribution in [1.82, 2.24) is 4.90 Å². The predicted molar refractivity (Wildman–Crippen MR) is 76.7 cm³/mol. The van der Waals surface area contributed by atoms with Gasteiger partial charge in [-0.3, -0.25) is 0 Å². The van der Waals surface area contributed by atoms with Crippen molar-refractivity contribution in [2.75, 3.05) is 14.1 Å². The fourth-order valence-electron chi connectivity index (χ4n) is 2.58. The van der Waals surface area contributed by atoms with Crippen LogP contribution in [-0.2, 0) is 6.54 Å². The lowest BCUT2D eigenvalue weighted by atomic mass is 9.85. The first kappa shape index (κ1) is 14.2. The summed E-state index contributed by atoms with van der Waals surface area (Å²) >= 11 is 0. The fourth-order valence-corrected chi connectivity index (χ4v) is 2.58. The molecule has 0 aromatic heterocycles. The number of rotatable bonds is 4. The predicted octanol–water partition coefficient (Wildman–Crippen LogP) is 4.30. The Balaban J connectivity index is 3.28. The van der Waals surface area contributed by atoms with Crippen molar-refractivity contribution in [3.63, 3.8) is 0 Å². The zero-order chi connectivity index (χ0) is 13.2. The zero-order valence-corrected chi connectivity index (χ0v) is 12.5. The maximum Gasteiger partial charge on any atom is 0.0230 e. The van der Waals surface area contributed by atoms with Crippen LogP contribution < -0.4 is 0 Å². The van der Waals surface area contributed by atoms with Crippen LogP contribution in [0.4, 0.5) is 0 Å². The standard InChI is InChI=1S/C16H27N/c1-11(2)15-9-8-14(10-17(6)7)13(5)16(15)12(3)4/h8-9,11-12H,10H2,1-7H3. The minimum Gasteiger partial charge on any atom is -0.305 e. The number of hydrogen-bond donors (Lipinski definition) is 0. The first-order chi connectivity index (χ1) is 7.84. The van der Waals surface area contributed by atoms with Crippen molar-refractivity contribution in [3.8, 4) is 0 Å². The van der Waals surface area contributed by atoms with Crippen molar-refractivity contribution >= 4 is 0 Å². The minimum absolute atomic E-state index is 0.606. The van der Waals surface area contributed by atoms with Gasteiger partial charge in [0.1, 0.15) is 0 Å². The summed E-state index contributed by atoms with van der Waals surface area (Å²) in [5.74, 6) is 1.22. The number of nitrogens with zero attached hydrogens (tertiary/aromatic N) is 1. The van der Waals surface area contributed by atoms with Crippen LogP contribution in [0.2, 0.25) is 0 Å². The third kappa shape index (κ3) is 3.32. The molecule has 0 bridgehead atoms. The van der Waals surface area contributed by atoms with Gasteiger partial charge in [0, 0.05) is 6.54 Å². The molecule has 0 heterocycles. The van der Waals surface area contributed by atoms with E-state index in [4.69, 9.17) is 0 Å². The molecule has 0 N–H and O–H groups in total. The summed E-state index contributed by atoms with van der Waals surface area (Å²) in [5, 5.41) is 0. The van der Waals surface area contributed by atoms with E-state index in [9.17, 15) is 0 Å². The van der Waals surface area contributed by atoms with E-state index >= 15 is 0 Å². The molecule has 1 aromatic rings. The molecule has 1 rings (SSSR count). The van der Waals surface area contributed by atoms with Crippen LogP contribution in [0.5, 0.6) is 0 Å². The molecule has 17 heavy (non-hydrogen) atoms. The van der Waals surface area contributed by atoms with Crippen molar-refractivity contribution in [3.05, 3.63) is 34.4 Å². The smallest absolute Gasteiger partial charge is 0.0230 e. The van der Waals surface area contributed by atoms with Crippen molar-refractivity contribution in [2.45, 2.75) is 53.0 Å². The lowest BCUT2D eigenvalue weighted by Gasteiger charge is -2.22. The second-order valence-electron chi connectivity index (χ2n) is 5.90. The maximum absolute atomic E-state index is 2.33. The third-order valence-corrected chi connectivity index (χ3v) is 3.35. The van der Waals surface area contributed by atoms with Crippen LogP contribution in [0, 0.1) is 6.92 Å². The highest BCUT2D eigenvalue weighted by atomic mass is 15.0. The van der Waals surface area contributed by atoms with Crippen LogP contribution in [0.1, 0.15) is 61.8 Å². The Morgan fingerprint density at radius 3 is 2.00 bits per heavy atom. The van der Waals surface area contributed by atoms with Crippen molar-refractivity contribution < 1.29 is 0 Å². The van der Waals surface area contributed by atoms with Gasteiger partial charge in [-0.05, 0) is 55.1 Å². The van der Waals surface area contributed by atoms with E-state index in [2.05, 4.69) is 65.7 Å². The molecule has 0 aliphatic carbocycles. The SMILES string of the molecule is Cc1c(CN(C)C)ccc(C(C)C)c1C(C)C. The van der Waals surface area contributed by atoms with Gasteiger partial charge >= 0.3 is 0 Å². The van der Waals surface area contributed by atoms with Crippen LogP contribution in [0.25, 0.3) is 0 Å². The molecule has 0 spiro atoms. The van der Waals surface area contributed by atoms with Crippen LogP contribution in [-0.4, -0.2) is 19.0 Å². The molecule has 0 saturated heterocycles. The molecule has 0 aliphatic heterocycles. The monoisotopic (exact) mass is 233 g/mol. The maximum atomic E-state index is 2.33. The Hall–Kier alpha value is -0.820. The zero-order valence-electron chi connectivity index (χ0n) is 12.5. The second-order valence-corrected chi connectivity index (χ2v) is 5.90. The molecule has 0 atom stereocenters. The Morgan fingerprint density at radius 2 is 1.59 bits per heavy atom. The highest BCUT2D eigenvalue weighted by molar-refractivity contribution is 5.43. The van der Waals surface area contributed by atoms with Gasteiger partial charge in [-0.1, -0.05) is 39.8 Å². The van der Waals surface area contributed by atoms with E-state index in [0.29, 0.717) is 11.8 Å². The number of benzene rings is 1. The summed E-state index contributed by atoms with van der Waals surface area (Å²) in [4.78, 5) is 2.24. The van der Waals surface area contributed by atoms with Gasteiger partial charge in [-0.25, -0.2) is 0 Å². The van der Waals surface area contributed by atoms with Crippen molar-refractivity contribution in [1.29, 1.82) is 0 Å². The van der Waals surface area contributed by atoms with Crippen LogP contribution in [0.15, 0.2) is 12.1 Å². The van der Waals surface area contributed by atoms with Gasteiger partial charge in [-0.15, -0.1) is 0 Å². The lowest BCUT2D eigenvalue weighted by Crippen LogP contribution is -2.13. The van der Waals surface area contributed by atoms with E-state index in [-0.39, 0.29) is 0 Å². The topological polar surface area (TPSA) is 3.24 Å². The molecular weight excluding hydrogens is 206 g/mol. The average molecular weight is 233 g/mol. The van der Waals surface area contributed by atoms with Crippen LogP contribution in [0.3, 0.4) is 0 Å². The third-order valence-electron chi connectivity index (χ3n) is 3.35. The van der Waals surface area contributed by atoms with Gasteiger partial charge in [0.15, 0.2) is 0 Å². The summed E-state index contributed by atoms with van der Waals surface area (Å²) in [5.41, 5.74) is 6.02. The molecule has 1 aromatic carbocycles. The minimum atomic E-state index is 0.606. The molecule has 1 heteroatoms.